The van der Waals surface area contributed by atoms with E-state index in [0.717, 1.165) is 77.2 Å². The van der Waals surface area contributed by atoms with E-state index in [4.69, 9.17) is 9.47 Å². The zero-order valence-corrected chi connectivity index (χ0v) is 21.3. The SMILES string of the molecule is CC(C)(CO)CCCC[C@]1(CCCC2CCC(CCCCC(C)(C)C(=O)O)O2)CCCO1. The summed E-state index contributed by atoms with van der Waals surface area (Å²) in [5.74, 6) is -0.701. The molecule has 0 aromatic heterocycles. The van der Waals surface area contributed by atoms with Gasteiger partial charge in [0.2, 0.25) is 0 Å². The smallest absolute Gasteiger partial charge is 0.309 e. The second-order valence-corrected chi connectivity index (χ2v) is 11.9. The molecule has 2 aliphatic rings. The van der Waals surface area contributed by atoms with Crippen LogP contribution in [-0.2, 0) is 14.3 Å². The van der Waals surface area contributed by atoms with E-state index in [9.17, 15) is 15.0 Å². The van der Waals surface area contributed by atoms with Crippen molar-refractivity contribution in [3.05, 3.63) is 0 Å². The fourth-order valence-corrected chi connectivity index (χ4v) is 5.31. The molecule has 2 heterocycles. The third-order valence-corrected chi connectivity index (χ3v) is 7.86. The van der Waals surface area contributed by atoms with Gasteiger partial charge in [-0.15, -0.1) is 0 Å². The van der Waals surface area contributed by atoms with E-state index in [0.29, 0.717) is 12.2 Å². The number of carboxylic acids is 1. The van der Waals surface area contributed by atoms with Gasteiger partial charge in [-0.05, 0) is 89.9 Å². The Morgan fingerprint density at radius 2 is 1.56 bits per heavy atom. The molecule has 5 nitrogen and oxygen atoms in total. The maximum Gasteiger partial charge on any atom is 0.309 e. The lowest BCUT2D eigenvalue weighted by Gasteiger charge is -2.30. The quantitative estimate of drug-likeness (QED) is 0.260. The summed E-state index contributed by atoms with van der Waals surface area (Å²) in [6, 6.07) is 0. The summed E-state index contributed by atoms with van der Waals surface area (Å²) in [6.45, 7) is 9.07. The van der Waals surface area contributed by atoms with Crippen molar-refractivity contribution in [2.45, 2.75) is 142 Å². The van der Waals surface area contributed by atoms with Gasteiger partial charge in [-0.3, -0.25) is 4.79 Å². The highest BCUT2D eigenvalue weighted by molar-refractivity contribution is 5.73. The van der Waals surface area contributed by atoms with Crippen molar-refractivity contribution in [2.75, 3.05) is 13.2 Å². The number of carboxylic acid groups (broad SMARTS) is 1. The molecule has 32 heavy (non-hydrogen) atoms. The molecular weight excluding hydrogens is 404 g/mol. The lowest BCUT2D eigenvalue weighted by molar-refractivity contribution is -0.147. The molecule has 2 rings (SSSR count). The van der Waals surface area contributed by atoms with E-state index in [-0.39, 0.29) is 17.6 Å². The van der Waals surface area contributed by atoms with Crippen LogP contribution in [0.15, 0.2) is 0 Å². The number of aliphatic hydroxyl groups excluding tert-OH is 1. The number of hydrogen-bond acceptors (Lipinski definition) is 4. The number of aliphatic hydroxyl groups is 1. The average Bonchev–Trinajstić information content (AvgIpc) is 3.39. The summed E-state index contributed by atoms with van der Waals surface area (Å²) in [5, 5.41) is 18.7. The number of hydrogen-bond donors (Lipinski definition) is 2. The highest BCUT2D eigenvalue weighted by Gasteiger charge is 2.35. The second kappa shape index (κ2) is 12.7. The Morgan fingerprint density at radius 1 is 0.938 bits per heavy atom. The molecule has 3 atom stereocenters. The Hall–Kier alpha value is -0.650. The summed E-state index contributed by atoms with van der Waals surface area (Å²) < 4.78 is 12.6. The van der Waals surface area contributed by atoms with Gasteiger partial charge in [0, 0.05) is 13.2 Å². The number of rotatable bonds is 16. The first kappa shape index (κ1) is 27.6. The Kier molecular flexibility index (Phi) is 11.0. The number of ether oxygens (including phenoxy) is 2. The van der Waals surface area contributed by atoms with E-state index < -0.39 is 11.4 Å². The predicted octanol–water partition coefficient (Wildman–Crippen LogP) is 6.50. The Bertz CT molecular complexity index is 550. The third-order valence-electron chi connectivity index (χ3n) is 7.86. The van der Waals surface area contributed by atoms with Crippen molar-refractivity contribution in [3.8, 4) is 0 Å². The van der Waals surface area contributed by atoms with E-state index in [1.54, 1.807) is 0 Å². The molecule has 5 heteroatoms. The molecule has 2 fully saturated rings. The van der Waals surface area contributed by atoms with E-state index >= 15 is 0 Å². The van der Waals surface area contributed by atoms with Gasteiger partial charge in [-0.25, -0.2) is 0 Å². The molecule has 0 radical (unpaired) electrons. The summed E-state index contributed by atoms with van der Waals surface area (Å²) in [7, 11) is 0. The lowest BCUT2D eigenvalue weighted by atomic mass is 9.84. The summed E-state index contributed by atoms with van der Waals surface area (Å²) >= 11 is 0. The minimum absolute atomic E-state index is 0.0342. The van der Waals surface area contributed by atoms with Crippen LogP contribution in [0.5, 0.6) is 0 Å². The number of aliphatic carboxylic acids is 1. The van der Waals surface area contributed by atoms with Crippen LogP contribution in [0.3, 0.4) is 0 Å². The van der Waals surface area contributed by atoms with Gasteiger partial charge in [0.25, 0.3) is 0 Å². The molecule has 2 aliphatic heterocycles. The van der Waals surface area contributed by atoms with Gasteiger partial charge < -0.3 is 19.7 Å². The fourth-order valence-electron chi connectivity index (χ4n) is 5.31. The van der Waals surface area contributed by atoms with E-state index in [1.165, 1.54) is 25.7 Å². The van der Waals surface area contributed by atoms with Gasteiger partial charge in [0.15, 0.2) is 0 Å². The van der Waals surface area contributed by atoms with Crippen LogP contribution in [-0.4, -0.2) is 47.2 Å². The molecule has 0 aromatic carbocycles. The first-order chi connectivity index (χ1) is 15.1. The molecule has 0 aromatic rings. The number of carbonyl (C=O) groups is 1. The maximum absolute atomic E-state index is 11.2. The van der Waals surface area contributed by atoms with Gasteiger partial charge in [0.1, 0.15) is 0 Å². The molecule has 0 bridgehead atoms. The molecule has 2 unspecified atom stereocenters. The van der Waals surface area contributed by atoms with E-state index in [2.05, 4.69) is 13.8 Å². The molecule has 0 aliphatic carbocycles. The molecule has 0 saturated carbocycles. The summed E-state index contributed by atoms with van der Waals surface area (Å²) in [5.41, 5.74) is -0.503. The van der Waals surface area contributed by atoms with Crippen LogP contribution in [0.4, 0.5) is 0 Å². The van der Waals surface area contributed by atoms with Crippen molar-refractivity contribution >= 4 is 5.97 Å². The van der Waals surface area contributed by atoms with E-state index in [1.807, 2.05) is 13.8 Å². The predicted molar refractivity (Wildman–Crippen MR) is 129 cm³/mol. The van der Waals surface area contributed by atoms with Crippen LogP contribution in [0.2, 0.25) is 0 Å². The highest BCUT2D eigenvalue weighted by atomic mass is 16.5. The van der Waals surface area contributed by atoms with Crippen LogP contribution in [0, 0.1) is 10.8 Å². The van der Waals surface area contributed by atoms with Crippen molar-refractivity contribution in [2.24, 2.45) is 10.8 Å². The largest absolute Gasteiger partial charge is 0.481 e. The zero-order chi connectivity index (χ0) is 23.7. The summed E-state index contributed by atoms with van der Waals surface area (Å²) in [6.07, 6.45) is 17.3. The molecule has 188 valence electrons. The molecule has 0 spiro atoms. The van der Waals surface area contributed by atoms with Crippen LogP contribution in [0.1, 0.15) is 124 Å². The van der Waals surface area contributed by atoms with Gasteiger partial charge >= 0.3 is 5.97 Å². The standard InChI is InChI=1S/C27H50O5/c1-25(2,21-28)15-7-8-17-27(19-10-20-31-27)18-9-12-23-14-13-22(32-23)11-5-6-16-26(3,4)24(29)30/h22-23,28H,5-21H2,1-4H3,(H,29,30)/t22?,23?,27-/m0/s1. The topological polar surface area (TPSA) is 76.0 Å². The minimum atomic E-state index is -0.701. The number of unbranched alkanes of at least 4 members (excludes halogenated alkanes) is 2. The van der Waals surface area contributed by atoms with Crippen molar-refractivity contribution in [1.82, 2.24) is 0 Å². The zero-order valence-electron chi connectivity index (χ0n) is 21.3. The van der Waals surface area contributed by atoms with Gasteiger partial charge in [0.05, 0.1) is 23.2 Å². The maximum atomic E-state index is 11.2. The Labute approximate surface area is 196 Å². The molecular formula is C27H50O5. The first-order valence-corrected chi connectivity index (χ1v) is 13.2. The first-order valence-electron chi connectivity index (χ1n) is 13.2. The van der Waals surface area contributed by atoms with Gasteiger partial charge in [-0.2, -0.15) is 0 Å². The third kappa shape index (κ3) is 9.30. The average molecular weight is 455 g/mol. The monoisotopic (exact) mass is 454 g/mol. The molecule has 0 amide bonds. The molecule has 2 saturated heterocycles. The minimum Gasteiger partial charge on any atom is -0.481 e. The van der Waals surface area contributed by atoms with Crippen molar-refractivity contribution in [3.63, 3.8) is 0 Å². The van der Waals surface area contributed by atoms with Crippen LogP contribution >= 0.6 is 0 Å². The highest BCUT2D eigenvalue weighted by Crippen LogP contribution is 2.37. The van der Waals surface area contributed by atoms with Crippen LogP contribution < -0.4 is 0 Å². The van der Waals surface area contributed by atoms with Gasteiger partial charge in [-0.1, -0.05) is 39.5 Å². The van der Waals surface area contributed by atoms with Crippen LogP contribution in [0.25, 0.3) is 0 Å². The second-order valence-electron chi connectivity index (χ2n) is 11.9. The molecule has 2 N–H and O–H groups in total. The van der Waals surface area contributed by atoms with Crippen molar-refractivity contribution < 1.29 is 24.5 Å². The summed E-state index contributed by atoms with van der Waals surface area (Å²) in [4.78, 5) is 11.2. The Morgan fingerprint density at radius 3 is 2.16 bits per heavy atom. The van der Waals surface area contributed by atoms with Crippen molar-refractivity contribution in [1.29, 1.82) is 0 Å². The lowest BCUT2D eigenvalue weighted by Crippen LogP contribution is -2.28. The normalized spacial score (nSPS) is 26.7. The Balaban J connectivity index is 1.61. The fraction of sp³-hybridized carbons (Fsp3) is 0.963.